The fourth-order valence-corrected chi connectivity index (χ4v) is 3.39. The zero-order chi connectivity index (χ0) is 20.3. The summed E-state index contributed by atoms with van der Waals surface area (Å²) < 4.78 is 1.78. The first-order chi connectivity index (χ1) is 14.8. The Balaban J connectivity index is 1.51. The van der Waals surface area contributed by atoms with Gasteiger partial charge in [-0.15, -0.1) is 5.10 Å². The molecule has 3 heterocycles. The van der Waals surface area contributed by atoms with Crippen molar-refractivity contribution in [3.8, 4) is 0 Å². The van der Waals surface area contributed by atoms with Crippen LogP contribution in [0.1, 0.15) is 27.5 Å². The van der Waals surface area contributed by atoms with Crippen molar-refractivity contribution < 1.29 is 4.79 Å². The number of rotatable bonds is 4. The number of aromatic nitrogens is 4. The second kappa shape index (κ2) is 7.63. The normalized spacial score (nSPS) is 14.9. The van der Waals surface area contributed by atoms with Crippen molar-refractivity contribution in [1.29, 1.82) is 0 Å². The van der Waals surface area contributed by atoms with E-state index in [1.165, 1.54) is 6.20 Å². The molecule has 1 aliphatic rings. The maximum atomic E-state index is 12.5. The van der Waals surface area contributed by atoms with E-state index in [-0.39, 0.29) is 17.9 Å². The first-order valence-corrected chi connectivity index (χ1v) is 9.55. The van der Waals surface area contributed by atoms with Gasteiger partial charge < -0.3 is 5.32 Å². The monoisotopic (exact) mass is 394 g/mol. The predicted molar refractivity (Wildman–Crippen MR) is 115 cm³/mol. The number of hydrogen-bond acceptors (Lipinski definition) is 5. The van der Waals surface area contributed by atoms with Gasteiger partial charge in [-0.3, -0.25) is 15.1 Å². The van der Waals surface area contributed by atoms with Crippen molar-refractivity contribution in [2.45, 2.75) is 6.04 Å². The molecule has 1 atom stereocenters. The van der Waals surface area contributed by atoms with E-state index in [1.54, 1.807) is 23.0 Å². The summed E-state index contributed by atoms with van der Waals surface area (Å²) in [6.45, 7) is 0. The van der Waals surface area contributed by atoms with Crippen molar-refractivity contribution in [3.05, 3.63) is 108 Å². The van der Waals surface area contributed by atoms with E-state index < -0.39 is 0 Å². The van der Waals surface area contributed by atoms with Crippen LogP contribution in [0.25, 0.3) is 5.70 Å². The molecule has 0 saturated heterocycles. The number of allylic oxidation sites excluding steroid dienone is 1. The van der Waals surface area contributed by atoms with Crippen molar-refractivity contribution >= 4 is 23.5 Å². The van der Waals surface area contributed by atoms with Gasteiger partial charge in [0.1, 0.15) is 6.04 Å². The Morgan fingerprint density at radius 2 is 1.73 bits per heavy atom. The average Bonchev–Trinajstić information content (AvgIpc) is 3.22. The Kier molecular flexibility index (Phi) is 4.53. The van der Waals surface area contributed by atoms with Crippen LogP contribution in [0.5, 0.6) is 0 Å². The molecule has 0 unspecified atom stereocenters. The zero-order valence-electron chi connectivity index (χ0n) is 15.9. The number of nitrogens with one attached hydrogen (secondary N) is 2. The number of anilines is 2. The molecule has 2 N–H and O–H groups in total. The van der Waals surface area contributed by atoms with Crippen molar-refractivity contribution in [2.24, 2.45) is 0 Å². The highest BCUT2D eigenvalue weighted by Crippen LogP contribution is 2.33. The van der Waals surface area contributed by atoms with Crippen LogP contribution in [0.4, 0.5) is 11.9 Å². The average molecular weight is 394 g/mol. The smallest absolute Gasteiger partial charge is 0.259 e. The molecule has 0 radical (unpaired) electrons. The summed E-state index contributed by atoms with van der Waals surface area (Å²) in [6.07, 6.45) is 5.24. The van der Waals surface area contributed by atoms with Gasteiger partial charge in [0.25, 0.3) is 11.9 Å². The fourth-order valence-electron chi connectivity index (χ4n) is 3.39. The van der Waals surface area contributed by atoms with Crippen LogP contribution in [0, 0.1) is 0 Å². The van der Waals surface area contributed by atoms with Crippen LogP contribution in [-0.2, 0) is 0 Å². The summed E-state index contributed by atoms with van der Waals surface area (Å²) in [5.74, 6) is 0.486. The number of benzene rings is 2. The highest BCUT2D eigenvalue weighted by atomic mass is 16.1. The topological polar surface area (TPSA) is 84.7 Å². The molecule has 0 saturated carbocycles. The Morgan fingerprint density at radius 3 is 2.47 bits per heavy atom. The fraction of sp³-hybridized carbons (Fsp3) is 0.0435. The van der Waals surface area contributed by atoms with E-state index in [9.17, 15) is 4.79 Å². The lowest BCUT2D eigenvalue weighted by molar-refractivity contribution is 0.102. The predicted octanol–water partition coefficient (Wildman–Crippen LogP) is 3.98. The molecule has 0 bridgehead atoms. The second-order valence-corrected chi connectivity index (χ2v) is 6.83. The molecule has 4 aromatic rings. The molecule has 0 aliphatic carbocycles. The Labute approximate surface area is 173 Å². The van der Waals surface area contributed by atoms with Gasteiger partial charge in [-0.1, -0.05) is 60.7 Å². The maximum Gasteiger partial charge on any atom is 0.259 e. The van der Waals surface area contributed by atoms with Gasteiger partial charge in [0, 0.05) is 18.1 Å². The maximum absolute atomic E-state index is 12.5. The molecule has 7 nitrogen and oxygen atoms in total. The summed E-state index contributed by atoms with van der Waals surface area (Å²) in [5, 5.41) is 10.6. The second-order valence-electron chi connectivity index (χ2n) is 6.83. The Bertz CT molecular complexity index is 1200. The van der Waals surface area contributed by atoms with E-state index in [2.05, 4.69) is 43.9 Å². The summed E-state index contributed by atoms with van der Waals surface area (Å²) >= 11 is 0. The third-order valence-corrected chi connectivity index (χ3v) is 4.84. The first kappa shape index (κ1) is 17.8. The summed E-state index contributed by atoms with van der Waals surface area (Å²) in [5.41, 5.74) is 3.51. The lowest BCUT2D eigenvalue weighted by Gasteiger charge is -2.24. The minimum absolute atomic E-state index is 0.158. The van der Waals surface area contributed by atoms with E-state index in [4.69, 9.17) is 0 Å². The van der Waals surface area contributed by atoms with Crippen molar-refractivity contribution in [1.82, 2.24) is 19.7 Å². The minimum Gasteiger partial charge on any atom is -0.324 e. The molecule has 1 amide bonds. The van der Waals surface area contributed by atoms with E-state index >= 15 is 0 Å². The third kappa shape index (κ3) is 3.44. The van der Waals surface area contributed by atoms with Crippen LogP contribution in [0.2, 0.25) is 0 Å². The lowest BCUT2D eigenvalue weighted by atomic mass is 10.0. The summed E-state index contributed by atoms with van der Waals surface area (Å²) in [6, 6.07) is 23.4. The van der Waals surface area contributed by atoms with E-state index in [0.29, 0.717) is 11.5 Å². The molecule has 30 heavy (non-hydrogen) atoms. The summed E-state index contributed by atoms with van der Waals surface area (Å²) in [4.78, 5) is 21.0. The molecule has 5 rings (SSSR count). The van der Waals surface area contributed by atoms with Gasteiger partial charge in [-0.25, -0.2) is 4.68 Å². The largest absolute Gasteiger partial charge is 0.324 e. The quantitative estimate of drug-likeness (QED) is 0.547. The Hall–Kier alpha value is -4.26. The molecule has 2 aromatic heterocycles. The minimum atomic E-state index is -0.307. The molecule has 146 valence electrons. The zero-order valence-corrected chi connectivity index (χ0v) is 15.9. The molecule has 2 aromatic carbocycles. The van der Waals surface area contributed by atoms with Crippen LogP contribution >= 0.6 is 0 Å². The summed E-state index contributed by atoms with van der Waals surface area (Å²) in [7, 11) is 0. The van der Waals surface area contributed by atoms with Gasteiger partial charge in [0.05, 0.1) is 5.56 Å². The van der Waals surface area contributed by atoms with Crippen LogP contribution in [0.3, 0.4) is 0 Å². The number of pyridine rings is 1. The van der Waals surface area contributed by atoms with E-state index in [1.807, 2.05) is 48.5 Å². The molecular weight excluding hydrogens is 376 g/mol. The van der Waals surface area contributed by atoms with Gasteiger partial charge in [0.2, 0.25) is 5.95 Å². The van der Waals surface area contributed by atoms with Crippen LogP contribution < -0.4 is 10.6 Å². The highest BCUT2D eigenvalue weighted by molar-refractivity contribution is 6.03. The number of fused-ring (bicyclic) bond motifs is 1. The molecule has 0 fully saturated rings. The first-order valence-electron chi connectivity index (χ1n) is 9.55. The van der Waals surface area contributed by atoms with Crippen LogP contribution in [-0.4, -0.2) is 25.7 Å². The van der Waals surface area contributed by atoms with E-state index in [0.717, 1.165) is 16.8 Å². The molecule has 1 aliphatic heterocycles. The third-order valence-electron chi connectivity index (χ3n) is 4.84. The molecular formula is C23H18N6O. The lowest BCUT2D eigenvalue weighted by Crippen LogP contribution is -2.20. The number of hydrogen-bond donors (Lipinski definition) is 2. The Morgan fingerprint density at radius 1 is 0.967 bits per heavy atom. The van der Waals surface area contributed by atoms with Gasteiger partial charge >= 0.3 is 0 Å². The number of carbonyl (C=O) groups excluding carboxylic acids is 1. The van der Waals surface area contributed by atoms with Crippen LogP contribution in [0.15, 0.2) is 91.3 Å². The SMILES string of the molecule is O=C(Nc1nc2n(n1)[C@@H](c1ccccc1)C=C(c1ccccc1)N2)c1cccnc1. The number of amides is 1. The van der Waals surface area contributed by atoms with Gasteiger partial charge in [-0.2, -0.15) is 4.98 Å². The number of nitrogens with zero attached hydrogens (tertiary/aromatic N) is 4. The highest BCUT2D eigenvalue weighted by Gasteiger charge is 2.25. The molecule has 7 heteroatoms. The van der Waals surface area contributed by atoms with Crippen molar-refractivity contribution in [3.63, 3.8) is 0 Å². The molecule has 0 spiro atoms. The standard InChI is InChI=1S/C23H18N6O/c30-21(18-12-7-13-24-15-18)26-22-27-23-25-19(16-8-3-1-4-9-16)14-20(29(23)28-22)17-10-5-2-6-11-17/h1-15,20H,(H2,25,26,27,28,30)/t20-/m1/s1. The number of carbonyl (C=O) groups is 1. The van der Waals surface area contributed by atoms with Gasteiger partial charge in [-0.05, 0) is 29.3 Å². The van der Waals surface area contributed by atoms with Crippen molar-refractivity contribution in [2.75, 3.05) is 10.6 Å². The van der Waals surface area contributed by atoms with Gasteiger partial charge in [0.15, 0.2) is 0 Å².